The minimum absolute atomic E-state index is 0.0818. The predicted molar refractivity (Wildman–Crippen MR) is 74.7 cm³/mol. The van der Waals surface area contributed by atoms with Gasteiger partial charge in [0.2, 0.25) is 0 Å². The van der Waals surface area contributed by atoms with Gasteiger partial charge in [-0.1, -0.05) is 18.2 Å². The lowest BCUT2D eigenvalue weighted by atomic mass is 9.75. The first-order valence-electron chi connectivity index (χ1n) is 7.12. The van der Waals surface area contributed by atoms with Gasteiger partial charge in [-0.25, -0.2) is 4.39 Å². The van der Waals surface area contributed by atoms with Crippen LogP contribution in [0.1, 0.15) is 37.1 Å². The first kappa shape index (κ1) is 13.2. The van der Waals surface area contributed by atoms with Crippen molar-refractivity contribution in [1.29, 1.82) is 0 Å². The Balaban J connectivity index is 1.50. The number of hydrogen-bond acceptors (Lipinski definition) is 3. The van der Waals surface area contributed by atoms with Crippen LogP contribution in [-0.2, 0) is 13.1 Å². The number of aromatic nitrogens is 3. The summed E-state index contributed by atoms with van der Waals surface area (Å²) in [6.45, 7) is 3.68. The standard InChI is InChI=1S/C15H19FN4/c1-2-20-10-18-19-15(20)9-17-12-7-11(8-12)13-5-3-4-6-14(13)16/h3-6,10-12,17H,2,7-9H2,1H3. The third-order valence-electron chi connectivity index (χ3n) is 4.07. The highest BCUT2D eigenvalue weighted by molar-refractivity contribution is 5.24. The summed E-state index contributed by atoms with van der Waals surface area (Å²) in [4.78, 5) is 0. The molecule has 0 spiro atoms. The summed E-state index contributed by atoms with van der Waals surface area (Å²) < 4.78 is 15.7. The molecule has 1 fully saturated rings. The van der Waals surface area contributed by atoms with Crippen molar-refractivity contribution in [3.8, 4) is 0 Å². The van der Waals surface area contributed by atoms with E-state index in [1.807, 2.05) is 16.7 Å². The molecule has 0 bridgehead atoms. The molecule has 0 radical (unpaired) electrons. The second-order valence-corrected chi connectivity index (χ2v) is 5.30. The van der Waals surface area contributed by atoms with Crippen LogP contribution in [0.15, 0.2) is 30.6 Å². The molecule has 1 heterocycles. The normalized spacial score (nSPS) is 21.7. The van der Waals surface area contributed by atoms with Crippen LogP contribution in [0.5, 0.6) is 0 Å². The first-order chi connectivity index (χ1) is 9.78. The monoisotopic (exact) mass is 274 g/mol. The van der Waals surface area contributed by atoms with Gasteiger partial charge in [0.1, 0.15) is 18.0 Å². The largest absolute Gasteiger partial charge is 0.317 e. The van der Waals surface area contributed by atoms with Gasteiger partial charge >= 0.3 is 0 Å². The van der Waals surface area contributed by atoms with Crippen molar-refractivity contribution < 1.29 is 4.39 Å². The van der Waals surface area contributed by atoms with Crippen LogP contribution in [-0.4, -0.2) is 20.8 Å². The van der Waals surface area contributed by atoms with Crippen molar-refractivity contribution >= 4 is 0 Å². The number of rotatable bonds is 5. The fourth-order valence-electron chi connectivity index (χ4n) is 2.76. The molecular weight excluding hydrogens is 255 g/mol. The average Bonchev–Trinajstić information content (AvgIpc) is 2.86. The second kappa shape index (κ2) is 5.71. The number of nitrogens with zero attached hydrogens (tertiary/aromatic N) is 3. The summed E-state index contributed by atoms with van der Waals surface area (Å²) in [5.41, 5.74) is 0.849. The molecule has 0 saturated heterocycles. The van der Waals surface area contributed by atoms with Gasteiger partial charge < -0.3 is 9.88 Å². The SMILES string of the molecule is CCn1cnnc1CNC1CC(c2ccccc2F)C1. The molecule has 0 aliphatic heterocycles. The summed E-state index contributed by atoms with van der Waals surface area (Å²) >= 11 is 0. The van der Waals surface area contributed by atoms with E-state index in [0.29, 0.717) is 12.0 Å². The van der Waals surface area contributed by atoms with Gasteiger partial charge in [0.15, 0.2) is 0 Å². The fourth-order valence-corrected chi connectivity index (χ4v) is 2.76. The first-order valence-corrected chi connectivity index (χ1v) is 7.12. The van der Waals surface area contributed by atoms with Crippen molar-refractivity contribution in [2.75, 3.05) is 0 Å². The van der Waals surface area contributed by atoms with E-state index in [2.05, 4.69) is 22.4 Å². The molecule has 0 amide bonds. The highest BCUT2D eigenvalue weighted by atomic mass is 19.1. The Bertz CT molecular complexity index is 575. The second-order valence-electron chi connectivity index (χ2n) is 5.30. The molecule has 1 aromatic carbocycles. The van der Waals surface area contributed by atoms with E-state index in [4.69, 9.17) is 0 Å². The Morgan fingerprint density at radius 2 is 2.15 bits per heavy atom. The Morgan fingerprint density at radius 1 is 1.35 bits per heavy atom. The molecule has 1 aliphatic carbocycles. The molecule has 1 saturated carbocycles. The minimum atomic E-state index is -0.0818. The van der Waals surface area contributed by atoms with E-state index in [-0.39, 0.29) is 5.82 Å². The van der Waals surface area contributed by atoms with Crippen molar-refractivity contribution in [1.82, 2.24) is 20.1 Å². The maximum Gasteiger partial charge on any atom is 0.146 e. The van der Waals surface area contributed by atoms with Gasteiger partial charge in [-0.2, -0.15) is 0 Å². The molecule has 3 rings (SSSR count). The van der Waals surface area contributed by atoms with Crippen molar-refractivity contribution in [2.45, 2.75) is 44.8 Å². The molecule has 4 nitrogen and oxygen atoms in total. The highest BCUT2D eigenvalue weighted by Gasteiger charge is 2.31. The lowest BCUT2D eigenvalue weighted by Gasteiger charge is -2.36. The van der Waals surface area contributed by atoms with Gasteiger partial charge in [-0.05, 0) is 37.3 Å². The zero-order valence-corrected chi connectivity index (χ0v) is 11.6. The van der Waals surface area contributed by atoms with E-state index in [9.17, 15) is 4.39 Å². The zero-order chi connectivity index (χ0) is 13.9. The van der Waals surface area contributed by atoms with Gasteiger partial charge in [0.25, 0.3) is 0 Å². The van der Waals surface area contributed by atoms with Crippen LogP contribution in [0, 0.1) is 5.82 Å². The summed E-state index contributed by atoms with van der Waals surface area (Å²) in [7, 11) is 0. The smallest absolute Gasteiger partial charge is 0.146 e. The summed E-state index contributed by atoms with van der Waals surface area (Å²) in [5, 5.41) is 11.5. The molecule has 20 heavy (non-hydrogen) atoms. The molecule has 106 valence electrons. The molecule has 0 unspecified atom stereocenters. The lowest BCUT2D eigenvalue weighted by Crippen LogP contribution is -2.40. The van der Waals surface area contributed by atoms with Crippen LogP contribution in [0.25, 0.3) is 0 Å². The van der Waals surface area contributed by atoms with Gasteiger partial charge in [-0.15, -0.1) is 10.2 Å². The van der Waals surface area contributed by atoms with Gasteiger partial charge in [-0.3, -0.25) is 0 Å². The van der Waals surface area contributed by atoms with Crippen LogP contribution in [0.3, 0.4) is 0 Å². The van der Waals surface area contributed by atoms with Crippen LogP contribution in [0.2, 0.25) is 0 Å². The number of hydrogen-bond donors (Lipinski definition) is 1. The van der Waals surface area contributed by atoms with E-state index in [0.717, 1.165) is 37.3 Å². The molecular formula is C15H19FN4. The van der Waals surface area contributed by atoms with Crippen molar-refractivity contribution in [3.05, 3.63) is 47.8 Å². The molecule has 1 aromatic heterocycles. The predicted octanol–water partition coefficient (Wildman–Crippen LogP) is 2.47. The van der Waals surface area contributed by atoms with Crippen LogP contribution < -0.4 is 5.32 Å². The average molecular weight is 274 g/mol. The maximum absolute atomic E-state index is 13.7. The summed E-state index contributed by atoms with van der Waals surface area (Å²) in [6.07, 6.45) is 3.72. The Kier molecular flexibility index (Phi) is 3.78. The summed E-state index contributed by atoms with van der Waals surface area (Å²) in [5.74, 6) is 1.22. The van der Waals surface area contributed by atoms with E-state index in [1.54, 1.807) is 18.5 Å². The number of aryl methyl sites for hydroxylation is 1. The van der Waals surface area contributed by atoms with E-state index >= 15 is 0 Å². The van der Waals surface area contributed by atoms with E-state index in [1.165, 1.54) is 0 Å². The highest BCUT2D eigenvalue weighted by Crippen LogP contribution is 2.37. The Labute approximate surface area is 118 Å². The van der Waals surface area contributed by atoms with Crippen LogP contribution in [0.4, 0.5) is 4.39 Å². The lowest BCUT2D eigenvalue weighted by molar-refractivity contribution is 0.281. The number of halogens is 1. The molecule has 0 atom stereocenters. The minimum Gasteiger partial charge on any atom is -0.317 e. The third kappa shape index (κ3) is 2.58. The quantitative estimate of drug-likeness (QED) is 0.911. The number of benzene rings is 1. The van der Waals surface area contributed by atoms with Crippen molar-refractivity contribution in [2.24, 2.45) is 0 Å². The topological polar surface area (TPSA) is 42.7 Å². The molecule has 5 heteroatoms. The number of nitrogens with one attached hydrogen (secondary N) is 1. The van der Waals surface area contributed by atoms with Crippen molar-refractivity contribution in [3.63, 3.8) is 0 Å². The van der Waals surface area contributed by atoms with E-state index < -0.39 is 0 Å². The maximum atomic E-state index is 13.7. The Morgan fingerprint density at radius 3 is 2.90 bits per heavy atom. The van der Waals surface area contributed by atoms with Gasteiger partial charge in [0, 0.05) is 12.6 Å². The molecule has 2 aromatic rings. The fraction of sp³-hybridized carbons (Fsp3) is 0.467. The molecule has 1 N–H and O–H groups in total. The Hall–Kier alpha value is -1.75. The zero-order valence-electron chi connectivity index (χ0n) is 11.6. The third-order valence-corrected chi connectivity index (χ3v) is 4.07. The van der Waals surface area contributed by atoms with Gasteiger partial charge in [0.05, 0.1) is 6.54 Å². The summed E-state index contributed by atoms with van der Waals surface area (Å²) in [6, 6.07) is 7.53. The molecule has 1 aliphatic rings. The van der Waals surface area contributed by atoms with Crippen LogP contribution >= 0.6 is 0 Å².